The summed E-state index contributed by atoms with van der Waals surface area (Å²) in [5.74, 6) is 1.29. The van der Waals surface area contributed by atoms with Crippen LogP contribution in [-0.2, 0) is 4.79 Å². The number of ether oxygens (including phenoxy) is 3. The molecule has 2 amide bonds. The van der Waals surface area contributed by atoms with E-state index < -0.39 is 0 Å². The normalized spacial score (nSPS) is 10.7. The molecular formula is C22H27N3O5. The average molecular weight is 413 g/mol. The molecule has 0 aliphatic rings. The lowest BCUT2D eigenvalue weighted by Gasteiger charge is -2.12. The zero-order valence-electron chi connectivity index (χ0n) is 17.8. The van der Waals surface area contributed by atoms with Gasteiger partial charge in [0, 0.05) is 23.2 Å². The smallest absolute Gasteiger partial charge is 0.271 e. The first-order valence-electron chi connectivity index (χ1n) is 9.41. The van der Waals surface area contributed by atoms with Crippen LogP contribution in [0.25, 0.3) is 0 Å². The van der Waals surface area contributed by atoms with Crippen molar-refractivity contribution in [1.82, 2.24) is 5.43 Å². The molecule has 2 N–H and O–H groups in total. The van der Waals surface area contributed by atoms with Crippen LogP contribution in [0.15, 0.2) is 41.5 Å². The molecule has 0 aliphatic carbocycles. The molecule has 0 spiro atoms. The van der Waals surface area contributed by atoms with Crippen LogP contribution in [0.5, 0.6) is 17.2 Å². The monoisotopic (exact) mass is 413 g/mol. The zero-order valence-corrected chi connectivity index (χ0v) is 17.8. The maximum absolute atomic E-state index is 12.3. The van der Waals surface area contributed by atoms with Crippen LogP contribution >= 0.6 is 0 Å². The zero-order chi connectivity index (χ0) is 22.1. The van der Waals surface area contributed by atoms with Crippen molar-refractivity contribution < 1.29 is 23.8 Å². The van der Waals surface area contributed by atoms with Crippen molar-refractivity contribution in [1.29, 1.82) is 0 Å². The van der Waals surface area contributed by atoms with E-state index in [4.69, 9.17) is 14.2 Å². The van der Waals surface area contributed by atoms with E-state index in [2.05, 4.69) is 15.8 Å². The van der Waals surface area contributed by atoms with E-state index in [0.29, 0.717) is 40.5 Å². The number of hydrogen-bond donors (Lipinski definition) is 2. The third-order valence-electron chi connectivity index (χ3n) is 4.09. The highest BCUT2D eigenvalue weighted by atomic mass is 16.5. The molecule has 0 aromatic heterocycles. The van der Waals surface area contributed by atoms with Gasteiger partial charge < -0.3 is 19.5 Å². The Hall–Kier alpha value is -3.55. The van der Waals surface area contributed by atoms with Crippen molar-refractivity contribution in [3.63, 3.8) is 0 Å². The Balaban J connectivity index is 2.01. The number of hydrogen-bond acceptors (Lipinski definition) is 6. The number of benzene rings is 2. The topological polar surface area (TPSA) is 98.2 Å². The van der Waals surface area contributed by atoms with Gasteiger partial charge in [-0.15, -0.1) is 0 Å². The number of nitrogens with one attached hydrogen (secondary N) is 2. The summed E-state index contributed by atoms with van der Waals surface area (Å²) in [4.78, 5) is 24.1. The van der Waals surface area contributed by atoms with Crippen molar-refractivity contribution in [2.24, 2.45) is 11.0 Å². The van der Waals surface area contributed by atoms with E-state index in [1.54, 1.807) is 36.4 Å². The maximum Gasteiger partial charge on any atom is 0.271 e. The van der Waals surface area contributed by atoms with Crippen molar-refractivity contribution in [3.05, 3.63) is 47.5 Å². The van der Waals surface area contributed by atoms with Gasteiger partial charge in [-0.05, 0) is 42.3 Å². The molecule has 0 fully saturated rings. The summed E-state index contributed by atoms with van der Waals surface area (Å²) in [6.07, 6.45) is 1.92. The molecule has 0 radical (unpaired) electrons. The van der Waals surface area contributed by atoms with Crippen LogP contribution in [0, 0.1) is 5.92 Å². The molecule has 0 heterocycles. The Kier molecular flexibility index (Phi) is 8.22. The van der Waals surface area contributed by atoms with Gasteiger partial charge in [0.2, 0.25) is 11.7 Å². The average Bonchev–Trinajstić information content (AvgIpc) is 2.72. The molecule has 8 heteroatoms. The molecule has 0 atom stereocenters. The quantitative estimate of drug-likeness (QED) is 0.485. The summed E-state index contributed by atoms with van der Waals surface area (Å²) in [6, 6.07) is 10.0. The Morgan fingerprint density at radius 1 is 1.00 bits per heavy atom. The van der Waals surface area contributed by atoms with Crippen LogP contribution in [0.4, 0.5) is 5.69 Å². The van der Waals surface area contributed by atoms with Gasteiger partial charge >= 0.3 is 0 Å². The van der Waals surface area contributed by atoms with Gasteiger partial charge in [0.05, 0.1) is 27.5 Å². The number of rotatable bonds is 9. The first kappa shape index (κ1) is 22.7. The fraction of sp³-hybridized carbons (Fsp3) is 0.318. The van der Waals surface area contributed by atoms with Gasteiger partial charge in [0.1, 0.15) is 0 Å². The van der Waals surface area contributed by atoms with Crippen molar-refractivity contribution in [3.8, 4) is 17.2 Å². The van der Waals surface area contributed by atoms with Gasteiger partial charge in [-0.2, -0.15) is 5.10 Å². The van der Waals surface area contributed by atoms with Crippen LogP contribution in [0.1, 0.15) is 36.2 Å². The van der Waals surface area contributed by atoms with Crippen molar-refractivity contribution in [2.75, 3.05) is 26.6 Å². The second-order valence-corrected chi connectivity index (χ2v) is 6.88. The number of nitrogens with zero attached hydrogens (tertiary/aromatic N) is 1. The fourth-order valence-corrected chi connectivity index (χ4v) is 2.69. The number of carbonyl (C=O) groups excluding carboxylic acids is 2. The maximum atomic E-state index is 12.3. The second kappa shape index (κ2) is 10.8. The van der Waals surface area contributed by atoms with Crippen molar-refractivity contribution >= 4 is 23.7 Å². The molecule has 2 aromatic carbocycles. The first-order valence-corrected chi connectivity index (χ1v) is 9.41. The minimum absolute atomic E-state index is 0.0582. The number of carbonyl (C=O) groups is 2. The molecule has 2 rings (SSSR count). The van der Waals surface area contributed by atoms with Gasteiger partial charge in [0.15, 0.2) is 11.5 Å². The number of hydrazone groups is 1. The molecule has 2 aromatic rings. The minimum atomic E-state index is -0.376. The van der Waals surface area contributed by atoms with Crippen LogP contribution in [0.3, 0.4) is 0 Å². The highest BCUT2D eigenvalue weighted by molar-refractivity contribution is 5.96. The van der Waals surface area contributed by atoms with E-state index in [9.17, 15) is 9.59 Å². The minimum Gasteiger partial charge on any atom is -0.493 e. The molecule has 0 saturated carbocycles. The lowest BCUT2D eigenvalue weighted by Crippen LogP contribution is -2.18. The molecule has 8 nitrogen and oxygen atoms in total. The molecule has 30 heavy (non-hydrogen) atoms. The number of methoxy groups -OCH3 is 3. The third-order valence-corrected chi connectivity index (χ3v) is 4.09. The summed E-state index contributed by atoms with van der Waals surface area (Å²) < 4.78 is 15.9. The van der Waals surface area contributed by atoms with Gasteiger partial charge in [-0.1, -0.05) is 13.8 Å². The Labute approximate surface area is 176 Å². The Morgan fingerprint density at radius 2 is 1.60 bits per heavy atom. The summed E-state index contributed by atoms with van der Waals surface area (Å²) in [5.41, 5.74) is 4.18. The standard InChI is InChI=1S/C22H27N3O5/c1-14(2)10-20(26)24-17-8-6-16(7-9-17)22(27)25-23-13-15-11-18(28-3)21(30-5)19(12-15)29-4/h6-9,11-14H,10H2,1-5H3,(H,24,26)(H,25,27). The van der Waals surface area contributed by atoms with E-state index in [1.807, 2.05) is 13.8 Å². The first-order chi connectivity index (χ1) is 14.4. The molecule has 0 saturated heterocycles. The number of anilines is 1. The lowest BCUT2D eigenvalue weighted by molar-refractivity contribution is -0.116. The predicted molar refractivity (Wildman–Crippen MR) is 116 cm³/mol. The Morgan fingerprint density at radius 3 is 2.10 bits per heavy atom. The predicted octanol–water partition coefficient (Wildman–Crippen LogP) is 3.46. The van der Waals surface area contributed by atoms with Gasteiger partial charge in [0.25, 0.3) is 5.91 Å². The van der Waals surface area contributed by atoms with E-state index >= 15 is 0 Å². The number of amides is 2. The molecule has 160 valence electrons. The largest absolute Gasteiger partial charge is 0.493 e. The summed E-state index contributed by atoms with van der Waals surface area (Å²) in [5, 5.41) is 6.78. The Bertz CT molecular complexity index is 882. The van der Waals surface area contributed by atoms with Crippen LogP contribution in [0.2, 0.25) is 0 Å². The second-order valence-electron chi connectivity index (χ2n) is 6.88. The summed E-state index contributed by atoms with van der Waals surface area (Å²) in [6.45, 7) is 3.96. The lowest BCUT2D eigenvalue weighted by atomic mass is 10.1. The summed E-state index contributed by atoms with van der Waals surface area (Å²) >= 11 is 0. The molecule has 0 aliphatic heterocycles. The summed E-state index contributed by atoms with van der Waals surface area (Å²) in [7, 11) is 4.57. The van der Waals surface area contributed by atoms with E-state index in [1.165, 1.54) is 27.5 Å². The van der Waals surface area contributed by atoms with E-state index in [0.717, 1.165) is 0 Å². The molecular weight excluding hydrogens is 386 g/mol. The SMILES string of the molecule is COc1cc(C=NNC(=O)c2ccc(NC(=O)CC(C)C)cc2)cc(OC)c1OC. The van der Waals surface area contributed by atoms with Crippen LogP contribution < -0.4 is 25.0 Å². The highest BCUT2D eigenvalue weighted by Crippen LogP contribution is 2.37. The third kappa shape index (κ3) is 6.23. The van der Waals surface area contributed by atoms with Gasteiger partial charge in [-0.25, -0.2) is 5.43 Å². The molecule has 0 bridgehead atoms. The molecule has 0 unspecified atom stereocenters. The van der Waals surface area contributed by atoms with E-state index in [-0.39, 0.29) is 17.7 Å². The van der Waals surface area contributed by atoms with Gasteiger partial charge in [-0.3, -0.25) is 9.59 Å². The van der Waals surface area contributed by atoms with Crippen LogP contribution in [-0.4, -0.2) is 39.4 Å². The van der Waals surface area contributed by atoms with Crippen molar-refractivity contribution in [2.45, 2.75) is 20.3 Å². The fourth-order valence-electron chi connectivity index (χ4n) is 2.69. The highest BCUT2D eigenvalue weighted by Gasteiger charge is 2.12.